The summed E-state index contributed by atoms with van der Waals surface area (Å²) in [5.41, 5.74) is 2.52. The Hall–Kier alpha value is -1.90. The summed E-state index contributed by atoms with van der Waals surface area (Å²) in [5.74, 6) is 0. The minimum Gasteiger partial charge on any atom is -0.387 e. The van der Waals surface area contributed by atoms with Crippen molar-refractivity contribution in [1.82, 2.24) is 4.90 Å². The minimum absolute atomic E-state index is 0.292. The molecule has 116 valence electrons. The van der Waals surface area contributed by atoms with Gasteiger partial charge in [-0.1, -0.05) is 55.0 Å². The Labute approximate surface area is 136 Å². The number of benzene rings is 3. The highest BCUT2D eigenvalue weighted by Crippen LogP contribution is 2.43. The van der Waals surface area contributed by atoms with Gasteiger partial charge in [-0.05, 0) is 52.1 Å². The molecule has 2 aliphatic rings. The van der Waals surface area contributed by atoms with Crippen molar-refractivity contribution in [3.63, 3.8) is 0 Å². The van der Waals surface area contributed by atoms with Gasteiger partial charge in [0.1, 0.15) is 0 Å². The van der Waals surface area contributed by atoms with Crippen LogP contribution in [0.1, 0.15) is 36.5 Å². The van der Waals surface area contributed by atoms with Gasteiger partial charge in [-0.25, -0.2) is 0 Å². The summed E-state index contributed by atoms with van der Waals surface area (Å²) >= 11 is 0. The summed E-state index contributed by atoms with van der Waals surface area (Å²) in [4.78, 5) is 2.50. The number of rotatable bonds is 0. The molecule has 0 spiro atoms. The van der Waals surface area contributed by atoms with Crippen LogP contribution in [0.25, 0.3) is 21.5 Å². The molecule has 2 aliphatic heterocycles. The van der Waals surface area contributed by atoms with E-state index < -0.39 is 0 Å². The topological polar surface area (TPSA) is 23.5 Å². The van der Waals surface area contributed by atoms with Crippen LogP contribution >= 0.6 is 0 Å². The normalized spacial score (nSPS) is 24.6. The highest BCUT2D eigenvalue weighted by atomic mass is 16.3. The predicted molar refractivity (Wildman–Crippen MR) is 94.5 cm³/mol. The molecular weight excluding hydrogens is 282 g/mol. The fourth-order valence-corrected chi connectivity index (χ4v) is 4.72. The molecule has 2 atom stereocenters. The van der Waals surface area contributed by atoms with E-state index >= 15 is 0 Å². The summed E-state index contributed by atoms with van der Waals surface area (Å²) in [6.07, 6.45) is 3.24. The lowest BCUT2D eigenvalue weighted by Crippen LogP contribution is -2.46. The number of hydrogen-bond acceptors (Lipinski definition) is 2. The highest BCUT2D eigenvalue weighted by molar-refractivity contribution is 6.11. The number of aliphatic hydroxyl groups is 1. The van der Waals surface area contributed by atoms with E-state index in [4.69, 9.17) is 0 Å². The molecule has 3 aromatic rings. The van der Waals surface area contributed by atoms with Crippen LogP contribution in [0.5, 0.6) is 0 Å². The summed E-state index contributed by atoms with van der Waals surface area (Å²) in [6.45, 7) is 2.09. The van der Waals surface area contributed by atoms with Crippen LogP contribution in [0.15, 0.2) is 48.5 Å². The Morgan fingerprint density at radius 3 is 2.26 bits per heavy atom. The lowest BCUT2D eigenvalue weighted by Gasteiger charge is -2.44. The van der Waals surface area contributed by atoms with E-state index in [-0.39, 0.29) is 6.10 Å². The van der Waals surface area contributed by atoms with E-state index in [1.165, 1.54) is 45.5 Å². The van der Waals surface area contributed by atoms with Crippen molar-refractivity contribution in [3.8, 4) is 0 Å². The monoisotopic (exact) mass is 303 g/mol. The quantitative estimate of drug-likeness (QED) is 0.622. The summed E-state index contributed by atoms with van der Waals surface area (Å²) in [6, 6.07) is 17.5. The summed E-state index contributed by atoms with van der Waals surface area (Å²) < 4.78 is 0. The highest BCUT2D eigenvalue weighted by Gasteiger charge is 2.37. The first-order valence-electron chi connectivity index (χ1n) is 8.69. The third kappa shape index (κ3) is 1.89. The van der Waals surface area contributed by atoms with Gasteiger partial charge in [0.25, 0.3) is 0 Å². The number of fused-ring (bicyclic) bond motifs is 7. The third-order valence-corrected chi connectivity index (χ3v) is 5.77. The number of hydrogen-bond donors (Lipinski definition) is 1. The lowest BCUT2D eigenvalue weighted by atomic mass is 9.81. The largest absolute Gasteiger partial charge is 0.387 e. The van der Waals surface area contributed by atoms with Crippen LogP contribution in [-0.2, 0) is 6.54 Å². The molecule has 1 fully saturated rings. The molecule has 2 nitrogen and oxygen atoms in total. The van der Waals surface area contributed by atoms with Crippen molar-refractivity contribution in [1.29, 1.82) is 0 Å². The van der Waals surface area contributed by atoms with Crippen LogP contribution in [0.3, 0.4) is 0 Å². The van der Waals surface area contributed by atoms with Gasteiger partial charge in [-0.2, -0.15) is 0 Å². The van der Waals surface area contributed by atoms with Gasteiger partial charge in [0.15, 0.2) is 0 Å². The third-order valence-electron chi connectivity index (χ3n) is 5.77. The smallest absolute Gasteiger partial charge is 0.0954 e. The minimum atomic E-state index is -0.367. The van der Waals surface area contributed by atoms with Crippen molar-refractivity contribution in [3.05, 3.63) is 59.7 Å². The van der Waals surface area contributed by atoms with Crippen molar-refractivity contribution < 1.29 is 5.11 Å². The number of piperidine rings is 1. The number of aliphatic hydroxyl groups excluding tert-OH is 1. The molecule has 0 bridgehead atoms. The fourth-order valence-electron chi connectivity index (χ4n) is 4.72. The number of nitrogens with zero attached hydrogens (tertiary/aromatic N) is 1. The second-order valence-electron chi connectivity index (χ2n) is 6.96. The molecule has 2 heteroatoms. The molecule has 1 saturated heterocycles. The van der Waals surface area contributed by atoms with Crippen molar-refractivity contribution in [2.75, 3.05) is 6.54 Å². The Morgan fingerprint density at radius 2 is 1.48 bits per heavy atom. The maximum absolute atomic E-state index is 11.2. The molecule has 0 amide bonds. The Kier molecular flexibility index (Phi) is 2.97. The first-order chi connectivity index (χ1) is 11.3. The second-order valence-corrected chi connectivity index (χ2v) is 6.96. The van der Waals surface area contributed by atoms with Crippen LogP contribution in [0, 0.1) is 0 Å². The molecule has 2 unspecified atom stereocenters. The van der Waals surface area contributed by atoms with Crippen LogP contribution in [-0.4, -0.2) is 22.6 Å². The average molecular weight is 303 g/mol. The summed E-state index contributed by atoms with van der Waals surface area (Å²) in [5, 5.41) is 16.3. The van der Waals surface area contributed by atoms with E-state index in [2.05, 4.69) is 53.4 Å². The van der Waals surface area contributed by atoms with E-state index in [1.54, 1.807) is 0 Å². The Balaban J connectivity index is 1.89. The van der Waals surface area contributed by atoms with Gasteiger partial charge in [-0.15, -0.1) is 0 Å². The Bertz CT molecular complexity index is 901. The molecule has 5 rings (SSSR count). The van der Waals surface area contributed by atoms with Gasteiger partial charge in [0, 0.05) is 12.6 Å². The molecule has 1 N–H and O–H groups in total. The first kappa shape index (κ1) is 13.5. The van der Waals surface area contributed by atoms with Crippen molar-refractivity contribution >= 4 is 21.5 Å². The maximum atomic E-state index is 11.2. The zero-order chi connectivity index (χ0) is 15.4. The standard InChI is InChI=1S/C21H21NO/c23-21-19-11-5-6-12-22(19)13-18-16-9-2-1-7-14(16)15-8-3-4-10-17(15)20(18)21/h1-4,7-10,19,21,23H,5-6,11-13H2. The van der Waals surface area contributed by atoms with Gasteiger partial charge in [0.05, 0.1) is 6.10 Å². The Morgan fingerprint density at radius 1 is 0.826 bits per heavy atom. The predicted octanol–water partition coefficient (Wildman–Crippen LogP) is 4.39. The average Bonchev–Trinajstić information content (AvgIpc) is 2.62. The van der Waals surface area contributed by atoms with Gasteiger partial charge < -0.3 is 5.11 Å². The van der Waals surface area contributed by atoms with Crippen LogP contribution < -0.4 is 0 Å². The zero-order valence-corrected chi connectivity index (χ0v) is 13.2. The summed E-state index contributed by atoms with van der Waals surface area (Å²) in [7, 11) is 0. The molecule has 2 heterocycles. The van der Waals surface area contributed by atoms with E-state index in [0.29, 0.717) is 6.04 Å². The molecular formula is C21H21NO. The van der Waals surface area contributed by atoms with E-state index in [0.717, 1.165) is 19.5 Å². The zero-order valence-electron chi connectivity index (χ0n) is 13.2. The molecule has 23 heavy (non-hydrogen) atoms. The maximum Gasteiger partial charge on any atom is 0.0954 e. The SMILES string of the molecule is OC1c2c(c3ccccc3c3ccccc23)CN2CCCCC12. The van der Waals surface area contributed by atoms with E-state index in [1.807, 2.05) is 0 Å². The van der Waals surface area contributed by atoms with Crippen molar-refractivity contribution in [2.45, 2.75) is 38.0 Å². The van der Waals surface area contributed by atoms with Gasteiger partial charge >= 0.3 is 0 Å². The fraction of sp³-hybridized carbons (Fsp3) is 0.333. The van der Waals surface area contributed by atoms with Crippen LogP contribution in [0.2, 0.25) is 0 Å². The molecule has 0 aromatic heterocycles. The second kappa shape index (κ2) is 5.05. The molecule has 0 aliphatic carbocycles. The molecule has 0 radical (unpaired) electrons. The van der Waals surface area contributed by atoms with Gasteiger partial charge in [0.2, 0.25) is 0 Å². The molecule has 3 aromatic carbocycles. The first-order valence-corrected chi connectivity index (χ1v) is 8.69. The molecule has 0 saturated carbocycles. The van der Waals surface area contributed by atoms with Crippen LogP contribution in [0.4, 0.5) is 0 Å². The lowest BCUT2D eigenvalue weighted by molar-refractivity contribution is 0.00755. The van der Waals surface area contributed by atoms with Gasteiger partial charge in [-0.3, -0.25) is 4.90 Å². The van der Waals surface area contributed by atoms with Crippen molar-refractivity contribution in [2.24, 2.45) is 0 Å². The van der Waals surface area contributed by atoms with E-state index in [9.17, 15) is 5.11 Å².